The van der Waals surface area contributed by atoms with Crippen LogP contribution in [0.4, 0.5) is 0 Å². The van der Waals surface area contributed by atoms with Crippen LogP contribution in [0.15, 0.2) is 12.1 Å². The number of carbonyl (C=O) groups is 1. The Hall–Kier alpha value is -1.51. The fourth-order valence-electron chi connectivity index (χ4n) is 3.27. The van der Waals surface area contributed by atoms with Gasteiger partial charge >= 0.3 is 5.97 Å². The van der Waals surface area contributed by atoms with E-state index in [2.05, 4.69) is 19.1 Å². The number of aliphatic carboxylic acids is 1. The van der Waals surface area contributed by atoms with Crippen LogP contribution in [0, 0.1) is 6.92 Å². The average Bonchev–Trinajstić information content (AvgIpc) is 2.45. The van der Waals surface area contributed by atoms with Gasteiger partial charge in [0.05, 0.1) is 7.11 Å². The minimum absolute atomic E-state index is 0.190. The van der Waals surface area contributed by atoms with Crippen molar-refractivity contribution in [3.05, 3.63) is 28.8 Å². The molecule has 0 atom stereocenters. The molecular weight excluding hydrogens is 252 g/mol. The van der Waals surface area contributed by atoms with Crippen molar-refractivity contribution in [3.8, 4) is 5.75 Å². The molecule has 0 unspecified atom stereocenters. The first-order chi connectivity index (χ1) is 9.61. The number of hydrogen-bond acceptors (Lipinski definition) is 2. The maximum Gasteiger partial charge on any atom is 0.303 e. The molecule has 1 N–H and O–H groups in total. The molecule has 3 nitrogen and oxygen atoms in total. The molecule has 0 aromatic heterocycles. The highest BCUT2D eigenvalue weighted by atomic mass is 16.5. The Labute approximate surface area is 121 Å². The van der Waals surface area contributed by atoms with E-state index >= 15 is 0 Å². The summed E-state index contributed by atoms with van der Waals surface area (Å²) in [7, 11) is 1.73. The summed E-state index contributed by atoms with van der Waals surface area (Å²) in [6.07, 6.45) is 7.13. The Balaban J connectivity index is 2.28. The van der Waals surface area contributed by atoms with Crippen LogP contribution in [-0.4, -0.2) is 18.2 Å². The van der Waals surface area contributed by atoms with Gasteiger partial charge < -0.3 is 9.84 Å². The van der Waals surface area contributed by atoms with Gasteiger partial charge in [-0.2, -0.15) is 0 Å². The summed E-state index contributed by atoms with van der Waals surface area (Å²) < 4.78 is 5.59. The number of carboxylic acids is 1. The van der Waals surface area contributed by atoms with E-state index in [9.17, 15) is 4.79 Å². The van der Waals surface area contributed by atoms with Crippen molar-refractivity contribution in [2.45, 2.75) is 57.8 Å². The summed E-state index contributed by atoms with van der Waals surface area (Å²) in [4.78, 5) is 10.7. The van der Waals surface area contributed by atoms with Crippen LogP contribution in [0.1, 0.15) is 61.1 Å². The Bertz CT molecular complexity index is 473. The number of benzene rings is 1. The van der Waals surface area contributed by atoms with Crippen molar-refractivity contribution < 1.29 is 14.6 Å². The third kappa shape index (κ3) is 3.53. The summed E-state index contributed by atoms with van der Waals surface area (Å²) in [5, 5.41) is 8.84. The molecule has 3 heteroatoms. The number of carboxylic acid groups (broad SMARTS) is 1. The van der Waals surface area contributed by atoms with Crippen molar-refractivity contribution in [2.24, 2.45) is 0 Å². The molecule has 0 amide bonds. The lowest BCUT2D eigenvalue weighted by Crippen LogP contribution is -2.08. The van der Waals surface area contributed by atoms with Gasteiger partial charge in [-0.25, -0.2) is 0 Å². The molecule has 1 aromatic rings. The minimum Gasteiger partial charge on any atom is -0.496 e. The highest BCUT2D eigenvalue weighted by Gasteiger charge is 2.21. The summed E-state index contributed by atoms with van der Waals surface area (Å²) in [5.41, 5.74) is 3.52. The molecule has 1 aromatic carbocycles. The molecule has 110 valence electrons. The topological polar surface area (TPSA) is 46.5 Å². The normalized spacial score (nSPS) is 16.1. The lowest BCUT2D eigenvalue weighted by molar-refractivity contribution is -0.136. The minimum atomic E-state index is -0.738. The predicted molar refractivity (Wildman–Crippen MR) is 79.5 cm³/mol. The van der Waals surface area contributed by atoms with Crippen molar-refractivity contribution in [2.75, 3.05) is 7.11 Å². The maximum absolute atomic E-state index is 10.7. The largest absolute Gasteiger partial charge is 0.496 e. The van der Waals surface area contributed by atoms with E-state index < -0.39 is 5.97 Å². The van der Waals surface area contributed by atoms with Crippen LogP contribution in [0.2, 0.25) is 0 Å². The standard InChI is InChI=1S/C17H24O3/c1-12-10-13(8-9-16(18)19)11-15(17(12)20-2)14-6-4-3-5-7-14/h10-11,14H,3-9H2,1-2H3,(H,18,19). The van der Waals surface area contributed by atoms with Gasteiger partial charge in [0.2, 0.25) is 0 Å². The quantitative estimate of drug-likeness (QED) is 0.881. The van der Waals surface area contributed by atoms with E-state index in [0.717, 1.165) is 16.9 Å². The molecule has 2 rings (SSSR count). The van der Waals surface area contributed by atoms with Gasteiger partial charge in [-0.15, -0.1) is 0 Å². The van der Waals surface area contributed by atoms with Gasteiger partial charge in [0.15, 0.2) is 0 Å². The van der Waals surface area contributed by atoms with Crippen molar-refractivity contribution in [1.29, 1.82) is 0 Å². The summed E-state index contributed by atoms with van der Waals surface area (Å²) in [6.45, 7) is 2.05. The van der Waals surface area contributed by atoms with Crippen molar-refractivity contribution >= 4 is 5.97 Å². The predicted octanol–water partition coefficient (Wildman–Crippen LogP) is 4.07. The van der Waals surface area contributed by atoms with E-state index in [0.29, 0.717) is 12.3 Å². The Morgan fingerprint density at radius 2 is 2.00 bits per heavy atom. The molecule has 1 fully saturated rings. The second kappa shape index (κ2) is 6.78. The SMILES string of the molecule is COc1c(C)cc(CCC(=O)O)cc1C1CCCCC1. The number of methoxy groups -OCH3 is 1. The third-order valence-corrected chi connectivity index (χ3v) is 4.24. The Morgan fingerprint density at radius 1 is 1.30 bits per heavy atom. The van der Waals surface area contributed by atoms with E-state index in [1.807, 2.05) is 0 Å². The van der Waals surface area contributed by atoms with E-state index in [1.54, 1.807) is 7.11 Å². The van der Waals surface area contributed by atoms with Gasteiger partial charge in [0, 0.05) is 6.42 Å². The lowest BCUT2D eigenvalue weighted by atomic mass is 9.82. The molecule has 0 radical (unpaired) electrons. The second-order valence-corrected chi connectivity index (χ2v) is 5.76. The highest BCUT2D eigenvalue weighted by Crippen LogP contribution is 2.39. The Morgan fingerprint density at radius 3 is 2.60 bits per heavy atom. The van der Waals surface area contributed by atoms with Crippen molar-refractivity contribution in [3.63, 3.8) is 0 Å². The molecule has 0 bridgehead atoms. The van der Waals surface area contributed by atoms with E-state index in [1.165, 1.54) is 37.7 Å². The number of ether oxygens (including phenoxy) is 1. The van der Waals surface area contributed by atoms with Gasteiger partial charge in [0.25, 0.3) is 0 Å². The lowest BCUT2D eigenvalue weighted by Gasteiger charge is -2.25. The first-order valence-corrected chi connectivity index (χ1v) is 7.51. The fourth-order valence-corrected chi connectivity index (χ4v) is 3.27. The molecule has 0 aliphatic heterocycles. The number of aryl methyl sites for hydroxylation is 2. The van der Waals surface area contributed by atoms with Crippen LogP contribution < -0.4 is 4.74 Å². The van der Waals surface area contributed by atoms with Crippen LogP contribution in [0.5, 0.6) is 5.75 Å². The summed E-state index contributed by atoms with van der Waals surface area (Å²) in [5.74, 6) is 0.829. The third-order valence-electron chi connectivity index (χ3n) is 4.24. The molecular formula is C17H24O3. The second-order valence-electron chi connectivity index (χ2n) is 5.76. The first kappa shape index (κ1) is 14.9. The van der Waals surface area contributed by atoms with Crippen molar-refractivity contribution in [1.82, 2.24) is 0 Å². The van der Waals surface area contributed by atoms with E-state index in [-0.39, 0.29) is 6.42 Å². The maximum atomic E-state index is 10.7. The Kier molecular flexibility index (Phi) is 5.05. The number of hydrogen-bond donors (Lipinski definition) is 1. The van der Waals surface area contributed by atoms with Crippen LogP contribution in [0.25, 0.3) is 0 Å². The fraction of sp³-hybridized carbons (Fsp3) is 0.588. The highest BCUT2D eigenvalue weighted by molar-refractivity contribution is 5.67. The zero-order valence-corrected chi connectivity index (χ0v) is 12.4. The molecule has 1 saturated carbocycles. The van der Waals surface area contributed by atoms with E-state index in [4.69, 9.17) is 9.84 Å². The summed E-state index contributed by atoms with van der Waals surface area (Å²) >= 11 is 0. The van der Waals surface area contributed by atoms with Gasteiger partial charge in [0.1, 0.15) is 5.75 Å². The average molecular weight is 276 g/mol. The monoisotopic (exact) mass is 276 g/mol. The molecule has 1 aliphatic rings. The zero-order valence-electron chi connectivity index (χ0n) is 12.4. The first-order valence-electron chi connectivity index (χ1n) is 7.51. The number of rotatable bonds is 5. The van der Waals surface area contributed by atoms with Crippen LogP contribution in [-0.2, 0) is 11.2 Å². The van der Waals surface area contributed by atoms with Crippen LogP contribution >= 0.6 is 0 Å². The molecule has 0 heterocycles. The van der Waals surface area contributed by atoms with Gasteiger partial charge in [-0.05, 0) is 48.8 Å². The summed E-state index contributed by atoms with van der Waals surface area (Å²) in [6, 6.07) is 4.23. The zero-order chi connectivity index (χ0) is 14.5. The smallest absolute Gasteiger partial charge is 0.303 e. The molecule has 1 aliphatic carbocycles. The van der Waals surface area contributed by atoms with Gasteiger partial charge in [-0.3, -0.25) is 4.79 Å². The van der Waals surface area contributed by atoms with Gasteiger partial charge in [-0.1, -0.05) is 31.4 Å². The van der Waals surface area contributed by atoms with Crippen LogP contribution in [0.3, 0.4) is 0 Å². The molecule has 0 saturated heterocycles. The molecule has 0 spiro atoms. The molecule has 20 heavy (non-hydrogen) atoms.